The van der Waals surface area contributed by atoms with Gasteiger partial charge in [0.15, 0.2) is 0 Å². The van der Waals surface area contributed by atoms with E-state index in [1.165, 1.54) is 32.1 Å². The minimum atomic E-state index is -0.487. The summed E-state index contributed by atoms with van der Waals surface area (Å²) in [6, 6.07) is 7.15. The molecule has 0 aromatic heterocycles. The maximum atomic E-state index is 12.3. The minimum absolute atomic E-state index is 0.0433. The van der Waals surface area contributed by atoms with Crippen molar-refractivity contribution in [3.63, 3.8) is 0 Å². The molecule has 5 nitrogen and oxygen atoms in total. The van der Waals surface area contributed by atoms with Gasteiger partial charge in [-0.15, -0.1) is 0 Å². The molecule has 0 saturated heterocycles. The number of ether oxygens (including phenoxy) is 1. The molecule has 2 rings (SSSR count). The largest absolute Gasteiger partial charge is 0.450 e. The highest BCUT2D eigenvalue weighted by atomic mass is 16.5. The summed E-state index contributed by atoms with van der Waals surface area (Å²) in [6.45, 7) is 2.08. The zero-order valence-corrected chi connectivity index (χ0v) is 13.8. The van der Waals surface area contributed by atoms with Gasteiger partial charge >= 0.3 is 6.09 Å². The predicted octanol–water partition coefficient (Wildman–Crippen LogP) is 4.10. The van der Waals surface area contributed by atoms with Gasteiger partial charge in [0.1, 0.15) is 0 Å². The Kier molecular flexibility index (Phi) is 6.91. The van der Waals surface area contributed by atoms with Gasteiger partial charge in [-0.05, 0) is 44.0 Å². The Morgan fingerprint density at radius 3 is 2.26 bits per heavy atom. The first-order valence-electron chi connectivity index (χ1n) is 8.53. The number of benzene rings is 1. The van der Waals surface area contributed by atoms with E-state index in [0.717, 1.165) is 12.8 Å². The number of amides is 2. The lowest BCUT2D eigenvalue weighted by molar-refractivity contribution is 0.0930. The van der Waals surface area contributed by atoms with Crippen molar-refractivity contribution in [1.29, 1.82) is 0 Å². The fourth-order valence-corrected chi connectivity index (χ4v) is 2.86. The van der Waals surface area contributed by atoms with Crippen LogP contribution in [0.3, 0.4) is 0 Å². The zero-order valence-electron chi connectivity index (χ0n) is 13.8. The van der Waals surface area contributed by atoms with Gasteiger partial charge in [0.25, 0.3) is 5.91 Å². The molecule has 2 N–H and O–H groups in total. The van der Waals surface area contributed by atoms with Gasteiger partial charge in [-0.1, -0.05) is 32.1 Å². The number of carbonyl (C=O) groups is 2. The van der Waals surface area contributed by atoms with E-state index < -0.39 is 6.09 Å². The minimum Gasteiger partial charge on any atom is -0.450 e. The van der Waals surface area contributed by atoms with Gasteiger partial charge in [-0.2, -0.15) is 0 Å². The molecule has 0 radical (unpaired) electrons. The molecule has 0 aliphatic heterocycles. The molecular weight excluding hydrogens is 292 g/mol. The van der Waals surface area contributed by atoms with Gasteiger partial charge in [0.05, 0.1) is 6.61 Å². The molecule has 0 unspecified atom stereocenters. The van der Waals surface area contributed by atoms with Crippen molar-refractivity contribution in [2.24, 2.45) is 0 Å². The first kappa shape index (κ1) is 17.3. The fraction of sp³-hybridized carbons (Fsp3) is 0.556. The predicted molar refractivity (Wildman–Crippen MR) is 90.7 cm³/mol. The summed E-state index contributed by atoms with van der Waals surface area (Å²) in [6.07, 6.45) is 7.86. The Bertz CT molecular complexity index is 506. The van der Waals surface area contributed by atoms with E-state index >= 15 is 0 Å². The lowest BCUT2D eigenvalue weighted by Gasteiger charge is -2.21. The van der Waals surface area contributed by atoms with Crippen LogP contribution >= 0.6 is 0 Å². The number of anilines is 1. The van der Waals surface area contributed by atoms with E-state index in [2.05, 4.69) is 10.6 Å². The van der Waals surface area contributed by atoms with E-state index in [1.807, 2.05) is 0 Å². The van der Waals surface area contributed by atoms with E-state index in [9.17, 15) is 9.59 Å². The van der Waals surface area contributed by atoms with Crippen LogP contribution in [0.2, 0.25) is 0 Å². The molecule has 1 fully saturated rings. The summed E-state index contributed by atoms with van der Waals surface area (Å²) >= 11 is 0. The van der Waals surface area contributed by atoms with Gasteiger partial charge < -0.3 is 10.1 Å². The van der Waals surface area contributed by atoms with Gasteiger partial charge in [0, 0.05) is 17.3 Å². The highest BCUT2D eigenvalue weighted by molar-refractivity contribution is 5.95. The molecule has 2 amide bonds. The summed E-state index contributed by atoms with van der Waals surface area (Å²) in [5.74, 6) is -0.0433. The summed E-state index contributed by atoms with van der Waals surface area (Å²) in [5, 5.41) is 5.75. The summed E-state index contributed by atoms with van der Waals surface area (Å²) in [7, 11) is 0. The second-order valence-corrected chi connectivity index (χ2v) is 5.94. The topological polar surface area (TPSA) is 67.4 Å². The Hall–Kier alpha value is -2.04. The lowest BCUT2D eigenvalue weighted by atomic mass is 9.96. The summed E-state index contributed by atoms with van der Waals surface area (Å²) in [4.78, 5) is 23.7. The van der Waals surface area contributed by atoms with Crippen LogP contribution in [0, 0.1) is 0 Å². The van der Waals surface area contributed by atoms with Crippen LogP contribution in [0.1, 0.15) is 62.2 Å². The molecule has 126 valence electrons. The van der Waals surface area contributed by atoms with E-state index in [-0.39, 0.29) is 11.9 Å². The number of nitrogens with one attached hydrogen (secondary N) is 2. The SMILES string of the molecule is CCOC(=O)Nc1ccc(C(=O)NC2CCCCCCC2)cc1. The van der Waals surface area contributed by atoms with Crippen LogP contribution in [0.4, 0.5) is 10.5 Å². The monoisotopic (exact) mass is 318 g/mol. The highest BCUT2D eigenvalue weighted by Gasteiger charge is 2.15. The van der Waals surface area contributed by atoms with E-state index in [1.54, 1.807) is 31.2 Å². The van der Waals surface area contributed by atoms with Gasteiger partial charge in [-0.3, -0.25) is 10.1 Å². The van der Waals surface area contributed by atoms with Crippen molar-refractivity contribution in [1.82, 2.24) is 5.32 Å². The second-order valence-electron chi connectivity index (χ2n) is 5.94. The van der Waals surface area contributed by atoms with Crippen molar-refractivity contribution >= 4 is 17.7 Å². The van der Waals surface area contributed by atoms with Gasteiger partial charge in [0.2, 0.25) is 0 Å². The first-order chi connectivity index (χ1) is 11.2. The zero-order chi connectivity index (χ0) is 16.5. The number of hydrogen-bond donors (Lipinski definition) is 2. The fourth-order valence-electron chi connectivity index (χ4n) is 2.86. The number of carbonyl (C=O) groups excluding carboxylic acids is 2. The molecule has 1 aliphatic rings. The third kappa shape index (κ3) is 5.93. The normalized spacial score (nSPS) is 16.0. The van der Waals surface area contributed by atoms with Crippen LogP contribution in [0.25, 0.3) is 0 Å². The quantitative estimate of drug-likeness (QED) is 0.878. The van der Waals surface area contributed by atoms with E-state index in [4.69, 9.17) is 4.74 Å². The molecular formula is C18H26N2O3. The van der Waals surface area contributed by atoms with E-state index in [0.29, 0.717) is 17.9 Å². The average molecular weight is 318 g/mol. The molecule has 23 heavy (non-hydrogen) atoms. The lowest BCUT2D eigenvalue weighted by Crippen LogP contribution is -2.35. The molecule has 0 heterocycles. The Labute approximate surface area is 137 Å². The van der Waals surface area contributed by atoms with Crippen LogP contribution < -0.4 is 10.6 Å². The Morgan fingerprint density at radius 2 is 1.65 bits per heavy atom. The van der Waals surface area contributed by atoms with Crippen LogP contribution in [-0.4, -0.2) is 24.6 Å². The smallest absolute Gasteiger partial charge is 0.411 e. The molecule has 1 saturated carbocycles. The molecule has 5 heteroatoms. The van der Waals surface area contributed by atoms with Crippen molar-refractivity contribution in [3.05, 3.63) is 29.8 Å². The number of rotatable bonds is 4. The third-order valence-electron chi connectivity index (χ3n) is 4.11. The maximum Gasteiger partial charge on any atom is 0.411 e. The second kappa shape index (κ2) is 9.18. The van der Waals surface area contributed by atoms with Crippen molar-refractivity contribution in [2.75, 3.05) is 11.9 Å². The Morgan fingerprint density at radius 1 is 1.04 bits per heavy atom. The standard InChI is InChI=1S/C18H26N2O3/c1-2-23-18(22)20-16-12-10-14(11-13-16)17(21)19-15-8-6-4-3-5-7-9-15/h10-13,15H,2-9H2,1H3,(H,19,21)(H,20,22). The van der Waals surface area contributed by atoms with Gasteiger partial charge in [-0.25, -0.2) is 4.79 Å². The molecule has 1 aliphatic carbocycles. The first-order valence-corrected chi connectivity index (χ1v) is 8.53. The molecule has 1 aromatic carbocycles. The third-order valence-corrected chi connectivity index (χ3v) is 4.11. The summed E-state index contributed by atoms with van der Waals surface area (Å²) in [5.41, 5.74) is 1.23. The average Bonchev–Trinajstić information content (AvgIpc) is 2.50. The van der Waals surface area contributed by atoms with Crippen molar-refractivity contribution in [3.8, 4) is 0 Å². The Balaban J connectivity index is 1.87. The molecule has 1 aromatic rings. The number of hydrogen-bond acceptors (Lipinski definition) is 3. The molecule has 0 atom stereocenters. The molecule has 0 spiro atoms. The van der Waals surface area contributed by atoms with Crippen LogP contribution in [0.15, 0.2) is 24.3 Å². The maximum absolute atomic E-state index is 12.3. The molecule has 0 bridgehead atoms. The van der Waals surface area contributed by atoms with Crippen molar-refractivity contribution in [2.45, 2.75) is 57.9 Å². The van der Waals surface area contributed by atoms with Crippen molar-refractivity contribution < 1.29 is 14.3 Å². The summed E-state index contributed by atoms with van der Waals surface area (Å²) < 4.78 is 4.82. The van der Waals surface area contributed by atoms with Crippen LogP contribution in [-0.2, 0) is 4.74 Å². The van der Waals surface area contributed by atoms with Crippen LogP contribution in [0.5, 0.6) is 0 Å². The highest BCUT2D eigenvalue weighted by Crippen LogP contribution is 2.18.